The number of nitrogens with zero attached hydrogens (tertiary/aromatic N) is 2. The first-order valence-corrected chi connectivity index (χ1v) is 10.9. The highest BCUT2D eigenvalue weighted by molar-refractivity contribution is 7.89. The van der Waals surface area contributed by atoms with Crippen LogP contribution in [0.5, 0.6) is 0 Å². The zero-order valence-corrected chi connectivity index (χ0v) is 18.0. The smallest absolute Gasteiger partial charge is 0.248 e. The maximum Gasteiger partial charge on any atom is 0.248 e. The number of carbonyl (C=O) groups is 1. The van der Waals surface area contributed by atoms with Crippen LogP contribution in [0, 0.1) is 0 Å². The molecule has 0 spiro atoms. The number of rotatable bonds is 7. The van der Waals surface area contributed by atoms with Gasteiger partial charge in [-0.3, -0.25) is 4.79 Å². The highest BCUT2D eigenvalue weighted by Gasteiger charge is 2.27. The Morgan fingerprint density at radius 2 is 1.67 bits per heavy atom. The van der Waals surface area contributed by atoms with Crippen molar-refractivity contribution in [2.45, 2.75) is 10.9 Å². The van der Waals surface area contributed by atoms with E-state index < -0.39 is 22.0 Å². The molecule has 1 heterocycles. The van der Waals surface area contributed by atoms with E-state index in [0.717, 1.165) is 5.69 Å². The summed E-state index contributed by atoms with van der Waals surface area (Å²) in [6.07, 6.45) is 1.62. The fraction of sp³-hybridized carbons (Fsp3) is 0.143. The maximum absolute atomic E-state index is 13.0. The fourth-order valence-corrected chi connectivity index (χ4v) is 3.99. The van der Waals surface area contributed by atoms with E-state index in [9.17, 15) is 13.2 Å². The van der Waals surface area contributed by atoms with Gasteiger partial charge in [0.25, 0.3) is 0 Å². The van der Waals surface area contributed by atoms with Crippen LogP contribution in [-0.2, 0) is 14.8 Å². The van der Waals surface area contributed by atoms with E-state index in [4.69, 9.17) is 11.6 Å². The molecule has 7 nitrogen and oxygen atoms in total. The van der Waals surface area contributed by atoms with E-state index in [1.54, 1.807) is 48.7 Å². The second kappa shape index (κ2) is 9.25. The van der Waals surface area contributed by atoms with Gasteiger partial charge < -0.3 is 10.2 Å². The van der Waals surface area contributed by atoms with Crippen LogP contribution in [-0.4, -0.2) is 33.4 Å². The third-order valence-electron chi connectivity index (χ3n) is 4.31. The summed E-state index contributed by atoms with van der Waals surface area (Å²) >= 11 is 5.85. The van der Waals surface area contributed by atoms with Crippen molar-refractivity contribution in [1.82, 2.24) is 9.71 Å². The Labute approximate surface area is 180 Å². The molecule has 9 heteroatoms. The van der Waals surface area contributed by atoms with Gasteiger partial charge in [-0.15, -0.1) is 0 Å². The number of nitrogens with one attached hydrogen (secondary N) is 2. The molecule has 0 aliphatic heterocycles. The fourth-order valence-electron chi connectivity index (χ4n) is 2.68. The number of hydrogen-bond donors (Lipinski definition) is 2. The van der Waals surface area contributed by atoms with Gasteiger partial charge in [0.15, 0.2) is 0 Å². The van der Waals surface area contributed by atoms with Crippen molar-refractivity contribution in [2.24, 2.45) is 0 Å². The van der Waals surface area contributed by atoms with Crippen LogP contribution in [0.4, 0.5) is 11.5 Å². The van der Waals surface area contributed by atoms with Gasteiger partial charge in [0.1, 0.15) is 11.9 Å². The first-order valence-electron chi connectivity index (χ1n) is 9.03. The zero-order chi connectivity index (χ0) is 21.7. The van der Waals surface area contributed by atoms with Crippen molar-refractivity contribution in [3.63, 3.8) is 0 Å². The molecule has 2 N–H and O–H groups in total. The van der Waals surface area contributed by atoms with E-state index in [2.05, 4.69) is 15.0 Å². The molecule has 3 aromatic rings. The van der Waals surface area contributed by atoms with Crippen molar-refractivity contribution in [1.29, 1.82) is 0 Å². The number of hydrogen-bond acceptors (Lipinski definition) is 5. The monoisotopic (exact) mass is 444 g/mol. The first kappa shape index (κ1) is 21.8. The minimum absolute atomic E-state index is 0.00842. The minimum Gasteiger partial charge on any atom is -0.376 e. The molecule has 2 aromatic carbocycles. The molecule has 156 valence electrons. The molecule has 3 rings (SSSR count). The molecule has 0 fully saturated rings. The van der Waals surface area contributed by atoms with Gasteiger partial charge in [0.05, 0.1) is 16.8 Å². The Balaban J connectivity index is 1.87. The van der Waals surface area contributed by atoms with Gasteiger partial charge in [-0.05, 0) is 42.0 Å². The molecule has 1 unspecified atom stereocenters. The summed E-state index contributed by atoms with van der Waals surface area (Å²) in [7, 11) is -0.214. The first-order chi connectivity index (χ1) is 14.3. The summed E-state index contributed by atoms with van der Waals surface area (Å²) in [6.45, 7) is 0. The molecule has 0 aliphatic rings. The van der Waals surface area contributed by atoms with Crippen LogP contribution in [0.25, 0.3) is 0 Å². The van der Waals surface area contributed by atoms with E-state index >= 15 is 0 Å². The lowest BCUT2D eigenvalue weighted by Crippen LogP contribution is -2.37. The van der Waals surface area contributed by atoms with Gasteiger partial charge in [-0.1, -0.05) is 41.9 Å². The van der Waals surface area contributed by atoms with E-state index in [1.807, 2.05) is 19.0 Å². The molecule has 0 aliphatic carbocycles. The number of benzene rings is 2. The van der Waals surface area contributed by atoms with Crippen molar-refractivity contribution in [2.75, 3.05) is 24.3 Å². The van der Waals surface area contributed by atoms with Gasteiger partial charge in [0, 0.05) is 19.1 Å². The lowest BCUT2D eigenvalue weighted by Gasteiger charge is -2.19. The average molecular weight is 445 g/mol. The second-order valence-corrected chi connectivity index (χ2v) is 8.85. The molecule has 30 heavy (non-hydrogen) atoms. The van der Waals surface area contributed by atoms with E-state index in [1.165, 1.54) is 24.3 Å². The molecule has 0 radical (unpaired) electrons. The summed E-state index contributed by atoms with van der Waals surface area (Å²) in [4.78, 5) is 19.1. The summed E-state index contributed by atoms with van der Waals surface area (Å²) in [5, 5.41) is 3.09. The third kappa shape index (κ3) is 5.35. The van der Waals surface area contributed by atoms with Crippen LogP contribution >= 0.6 is 11.6 Å². The molecule has 1 aromatic heterocycles. The predicted octanol–water partition coefficient (Wildman–Crippen LogP) is 3.46. The topological polar surface area (TPSA) is 91.4 Å². The highest BCUT2D eigenvalue weighted by Crippen LogP contribution is 2.21. The summed E-state index contributed by atoms with van der Waals surface area (Å²) < 4.78 is 28.2. The summed E-state index contributed by atoms with van der Waals surface area (Å²) in [5.41, 5.74) is 1.37. The Morgan fingerprint density at radius 1 is 1.00 bits per heavy atom. The largest absolute Gasteiger partial charge is 0.376 e. The van der Waals surface area contributed by atoms with Crippen LogP contribution in [0.3, 0.4) is 0 Å². The normalized spacial score (nSPS) is 12.2. The van der Waals surface area contributed by atoms with Crippen LogP contribution < -0.4 is 14.9 Å². The number of halogens is 1. The summed E-state index contributed by atoms with van der Waals surface area (Å²) in [5.74, 6) is -0.235. The Hall–Kier alpha value is -2.94. The maximum atomic E-state index is 13.0. The molecular formula is C21H21ClN4O3S. The average Bonchev–Trinajstić information content (AvgIpc) is 2.73. The molecule has 1 amide bonds. The Kier molecular flexibility index (Phi) is 6.71. The molecule has 1 atom stereocenters. The van der Waals surface area contributed by atoms with Crippen LogP contribution in [0.15, 0.2) is 77.8 Å². The lowest BCUT2D eigenvalue weighted by atomic mass is 10.1. The van der Waals surface area contributed by atoms with E-state index in [0.29, 0.717) is 16.4 Å². The Morgan fingerprint density at radius 3 is 2.23 bits per heavy atom. The zero-order valence-electron chi connectivity index (χ0n) is 16.4. The number of amides is 1. The van der Waals surface area contributed by atoms with E-state index in [-0.39, 0.29) is 4.90 Å². The van der Waals surface area contributed by atoms with Gasteiger partial charge in [-0.2, -0.15) is 4.72 Å². The number of aromatic nitrogens is 1. The SMILES string of the molecule is CN(C)c1ccc(NC(=O)C(NS(=O)(=O)c2ccc(Cl)cc2)c2ccccc2)nc1. The van der Waals surface area contributed by atoms with Gasteiger partial charge >= 0.3 is 0 Å². The molecular weight excluding hydrogens is 424 g/mol. The van der Waals surface area contributed by atoms with Crippen molar-refractivity contribution >= 4 is 39.0 Å². The standard InChI is InChI=1S/C21H21ClN4O3S/c1-26(2)17-10-13-19(23-14-17)24-21(27)20(15-6-4-3-5-7-15)25-30(28,29)18-11-8-16(22)9-12-18/h3-14,20,25H,1-2H3,(H,23,24,27). The minimum atomic E-state index is -3.98. The summed E-state index contributed by atoms with van der Waals surface area (Å²) in [6, 6.07) is 16.6. The molecule has 0 bridgehead atoms. The van der Waals surface area contributed by atoms with Crippen molar-refractivity contribution in [3.05, 3.63) is 83.5 Å². The predicted molar refractivity (Wildman–Crippen MR) is 118 cm³/mol. The molecule has 0 saturated heterocycles. The quantitative estimate of drug-likeness (QED) is 0.582. The van der Waals surface area contributed by atoms with Crippen LogP contribution in [0.1, 0.15) is 11.6 Å². The lowest BCUT2D eigenvalue weighted by molar-refractivity contribution is -0.117. The van der Waals surface area contributed by atoms with Gasteiger partial charge in [-0.25, -0.2) is 13.4 Å². The second-order valence-electron chi connectivity index (χ2n) is 6.70. The third-order valence-corrected chi connectivity index (χ3v) is 6.00. The number of pyridine rings is 1. The highest BCUT2D eigenvalue weighted by atomic mass is 35.5. The number of anilines is 2. The van der Waals surface area contributed by atoms with Crippen molar-refractivity contribution < 1.29 is 13.2 Å². The van der Waals surface area contributed by atoms with Gasteiger partial charge in [0.2, 0.25) is 15.9 Å². The number of sulfonamides is 1. The van der Waals surface area contributed by atoms with Crippen LogP contribution in [0.2, 0.25) is 5.02 Å². The van der Waals surface area contributed by atoms with Crippen molar-refractivity contribution in [3.8, 4) is 0 Å². The Bertz CT molecular complexity index is 1100. The molecule has 0 saturated carbocycles. The number of carbonyl (C=O) groups excluding carboxylic acids is 1.